The first-order chi connectivity index (χ1) is 11.1. The van der Waals surface area contributed by atoms with Crippen molar-refractivity contribution in [3.63, 3.8) is 0 Å². The molecule has 2 fully saturated rings. The summed E-state index contributed by atoms with van der Waals surface area (Å²) < 4.78 is 6.95. The number of hydrogen-bond acceptors (Lipinski definition) is 6. The number of likely N-dealkylation sites (N-methyl/N-ethyl adjacent to an activating group) is 1. The van der Waals surface area contributed by atoms with Crippen molar-refractivity contribution in [2.24, 2.45) is 5.92 Å². The molecule has 8 nitrogen and oxygen atoms in total. The van der Waals surface area contributed by atoms with Crippen molar-refractivity contribution in [3.8, 4) is 0 Å². The number of amides is 1. The summed E-state index contributed by atoms with van der Waals surface area (Å²) in [7, 11) is 5.73. The lowest BCUT2D eigenvalue weighted by atomic mass is 9.96. The van der Waals surface area contributed by atoms with Gasteiger partial charge in [-0.15, -0.1) is 5.10 Å². The Hall–Kier alpha value is -1.54. The number of carbonyl (C=O) groups excluding carboxylic acids is 1. The number of carbonyl (C=O) groups is 1. The summed E-state index contributed by atoms with van der Waals surface area (Å²) in [6.45, 7) is 2.59. The zero-order valence-corrected chi connectivity index (χ0v) is 14.2. The van der Waals surface area contributed by atoms with Crippen molar-refractivity contribution in [1.29, 1.82) is 0 Å². The average Bonchev–Trinajstić information content (AvgIpc) is 3.05. The number of aromatic nitrogens is 4. The van der Waals surface area contributed by atoms with E-state index in [9.17, 15) is 4.79 Å². The molecule has 8 heteroatoms. The first kappa shape index (κ1) is 16.3. The van der Waals surface area contributed by atoms with Gasteiger partial charge in [-0.1, -0.05) is 0 Å². The second-order valence-corrected chi connectivity index (χ2v) is 6.86. The smallest absolute Gasteiger partial charge is 0.222 e. The molecule has 1 aromatic heterocycles. The van der Waals surface area contributed by atoms with Crippen LogP contribution in [-0.2, 0) is 21.6 Å². The fourth-order valence-corrected chi connectivity index (χ4v) is 3.32. The second-order valence-electron chi connectivity index (χ2n) is 6.86. The van der Waals surface area contributed by atoms with Gasteiger partial charge < -0.3 is 9.64 Å². The average molecular weight is 322 g/mol. The second kappa shape index (κ2) is 6.52. The molecule has 0 bridgehead atoms. The molecule has 1 aliphatic carbocycles. The molecule has 3 rings (SSSR count). The Bertz CT molecular complexity index is 556. The maximum absolute atomic E-state index is 12.5. The Kier molecular flexibility index (Phi) is 4.63. The van der Waals surface area contributed by atoms with Crippen LogP contribution in [0.1, 0.15) is 31.5 Å². The van der Waals surface area contributed by atoms with Gasteiger partial charge in [-0.2, -0.15) is 0 Å². The van der Waals surface area contributed by atoms with Gasteiger partial charge in [0.2, 0.25) is 5.91 Å². The molecule has 1 aromatic rings. The molecule has 128 valence electrons. The van der Waals surface area contributed by atoms with Gasteiger partial charge in [-0.3, -0.25) is 9.69 Å². The molecule has 1 atom stereocenters. The molecule has 0 aromatic carbocycles. The topological polar surface area (TPSA) is 76.4 Å². The third-order valence-corrected chi connectivity index (χ3v) is 5.07. The van der Waals surface area contributed by atoms with Gasteiger partial charge in [-0.05, 0) is 49.7 Å². The highest BCUT2D eigenvalue weighted by Crippen LogP contribution is 2.37. The molecule has 1 amide bonds. The van der Waals surface area contributed by atoms with Crippen LogP contribution in [0.2, 0.25) is 0 Å². The van der Waals surface area contributed by atoms with Crippen molar-refractivity contribution in [3.05, 3.63) is 5.82 Å². The molecular formula is C15H26N6O2. The van der Waals surface area contributed by atoms with Crippen LogP contribution >= 0.6 is 0 Å². The van der Waals surface area contributed by atoms with Crippen LogP contribution in [0, 0.1) is 5.92 Å². The maximum atomic E-state index is 12.5. The molecule has 2 aliphatic rings. The lowest BCUT2D eigenvalue weighted by Gasteiger charge is -2.34. The van der Waals surface area contributed by atoms with E-state index >= 15 is 0 Å². The third-order valence-electron chi connectivity index (χ3n) is 5.07. The Morgan fingerprint density at radius 3 is 2.87 bits per heavy atom. The summed E-state index contributed by atoms with van der Waals surface area (Å²) in [6.07, 6.45) is 3.95. The number of hydrogen-bond donors (Lipinski definition) is 0. The minimum absolute atomic E-state index is 0.271. The van der Waals surface area contributed by atoms with Gasteiger partial charge in [0.05, 0.1) is 13.2 Å². The largest absolute Gasteiger partial charge is 0.383 e. The van der Waals surface area contributed by atoms with E-state index in [4.69, 9.17) is 4.74 Å². The van der Waals surface area contributed by atoms with Gasteiger partial charge in [-0.25, -0.2) is 4.68 Å². The number of ether oxygens (including phenoxy) is 1. The minimum atomic E-state index is -0.323. The minimum Gasteiger partial charge on any atom is -0.383 e. The van der Waals surface area contributed by atoms with Crippen LogP contribution in [0.4, 0.5) is 0 Å². The summed E-state index contributed by atoms with van der Waals surface area (Å²) in [6, 6.07) is 0. The lowest BCUT2D eigenvalue weighted by molar-refractivity contribution is -0.131. The van der Waals surface area contributed by atoms with Gasteiger partial charge >= 0.3 is 0 Å². The number of nitrogens with zero attached hydrogens (tertiary/aromatic N) is 6. The van der Waals surface area contributed by atoms with E-state index in [1.807, 2.05) is 19.0 Å². The molecule has 0 radical (unpaired) electrons. The summed E-state index contributed by atoms with van der Waals surface area (Å²) >= 11 is 0. The number of tetrazole rings is 1. The maximum Gasteiger partial charge on any atom is 0.222 e. The summed E-state index contributed by atoms with van der Waals surface area (Å²) in [5, 5.41) is 12.2. The predicted octanol–water partition coefficient (Wildman–Crippen LogP) is 0.109. The predicted molar refractivity (Wildman–Crippen MR) is 83.6 cm³/mol. The number of rotatable bonds is 7. The molecular weight excluding hydrogens is 296 g/mol. The van der Waals surface area contributed by atoms with E-state index < -0.39 is 0 Å². The van der Waals surface area contributed by atoms with Crippen molar-refractivity contribution in [2.75, 3.05) is 40.9 Å². The van der Waals surface area contributed by atoms with Crippen molar-refractivity contribution >= 4 is 5.91 Å². The molecule has 23 heavy (non-hydrogen) atoms. The van der Waals surface area contributed by atoms with Crippen molar-refractivity contribution in [2.45, 2.75) is 37.8 Å². The van der Waals surface area contributed by atoms with E-state index in [1.54, 1.807) is 11.8 Å². The number of methoxy groups -OCH3 is 1. The van der Waals surface area contributed by atoms with Crippen molar-refractivity contribution < 1.29 is 9.53 Å². The summed E-state index contributed by atoms with van der Waals surface area (Å²) in [5.74, 6) is 1.71. The van der Waals surface area contributed by atoms with E-state index in [0.717, 1.165) is 18.8 Å². The first-order valence-electron chi connectivity index (χ1n) is 8.27. The van der Waals surface area contributed by atoms with Gasteiger partial charge in [0.1, 0.15) is 5.54 Å². The Balaban J connectivity index is 1.78. The highest BCUT2D eigenvalue weighted by molar-refractivity contribution is 5.77. The van der Waals surface area contributed by atoms with Crippen LogP contribution in [-0.4, -0.2) is 76.8 Å². The van der Waals surface area contributed by atoms with Crippen molar-refractivity contribution in [1.82, 2.24) is 30.0 Å². The monoisotopic (exact) mass is 322 g/mol. The standard InChI is InChI=1S/C15H26N6O2/c1-19(2)15(14-16-17-18-21(14)8-9-23-3)6-7-20(11-15)13(22)10-12-4-5-12/h12H,4-11H2,1-3H3. The first-order valence-corrected chi connectivity index (χ1v) is 8.27. The van der Waals surface area contributed by atoms with Crippen LogP contribution < -0.4 is 0 Å². The lowest BCUT2D eigenvalue weighted by Crippen LogP contribution is -2.47. The molecule has 1 saturated heterocycles. The van der Waals surface area contributed by atoms with Crippen LogP contribution in [0.15, 0.2) is 0 Å². The Morgan fingerprint density at radius 2 is 2.22 bits per heavy atom. The fourth-order valence-electron chi connectivity index (χ4n) is 3.32. The van der Waals surface area contributed by atoms with E-state index in [0.29, 0.717) is 32.0 Å². The number of likely N-dealkylation sites (tertiary alicyclic amines) is 1. The molecule has 0 spiro atoms. The van der Waals surface area contributed by atoms with Gasteiger partial charge in [0, 0.05) is 26.6 Å². The Morgan fingerprint density at radius 1 is 1.43 bits per heavy atom. The van der Waals surface area contributed by atoms with Gasteiger partial charge in [0.15, 0.2) is 5.82 Å². The highest BCUT2D eigenvalue weighted by atomic mass is 16.5. The van der Waals surface area contributed by atoms with Crippen LogP contribution in [0.25, 0.3) is 0 Å². The molecule has 2 heterocycles. The van der Waals surface area contributed by atoms with Crippen LogP contribution in [0.5, 0.6) is 0 Å². The summed E-state index contributed by atoms with van der Waals surface area (Å²) in [5.41, 5.74) is -0.323. The van der Waals surface area contributed by atoms with E-state index in [1.165, 1.54) is 12.8 Å². The Labute approximate surface area is 136 Å². The van der Waals surface area contributed by atoms with Gasteiger partial charge in [0.25, 0.3) is 0 Å². The SMILES string of the molecule is COCCn1nnnc1C1(N(C)C)CCN(C(=O)CC2CC2)C1. The molecule has 1 aliphatic heterocycles. The quantitative estimate of drug-likeness (QED) is 0.709. The zero-order valence-electron chi connectivity index (χ0n) is 14.2. The fraction of sp³-hybridized carbons (Fsp3) is 0.867. The zero-order chi connectivity index (χ0) is 16.4. The van der Waals surface area contributed by atoms with Crippen LogP contribution in [0.3, 0.4) is 0 Å². The molecule has 0 N–H and O–H groups in total. The van der Waals surface area contributed by atoms with E-state index in [2.05, 4.69) is 20.4 Å². The molecule has 1 saturated carbocycles. The highest BCUT2D eigenvalue weighted by Gasteiger charge is 2.47. The normalized spacial score (nSPS) is 24.6. The molecule has 1 unspecified atom stereocenters. The summed E-state index contributed by atoms with van der Waals surface area (Å²) in [4.78, 5) is 16.6. The third kappa shape index (κ3) is 3.23. The van der Waals surface area contributed by atoms with E-state index in [-0.39, 0.29) is 11.4 Å².